The third-order valence-electron chi connectivity index (χ3n) is 3.60. The smallest absolute Gasteiger partial charge is 0.407 e. The molecule has 0 aromatic carbocycles. The van der Waals surface area contributed by atoms with E-state index in [4.69, 9.17) is 9.47 Å². The molecule has 0 radical (unpaired) electrons. The maximum atomic E-state index is 11.7. The molecule has 0 saturated heterocycles. The first-order chi connectivity index (χ1) is 10.7. The Morgan fingerprint density at radius 1 is 1.17 bits per heavy atom. The minimum absolute atomic E-state index is 0.345. The third-order valence-corrected chi connectivity index (χ3v) is 3.60. The summed E-state index contributed by atoms with van der Waals surface area (Å²) in [6.07, 6.45) is -0.345. The van der Waals surface area contributed by atoms with E-state index in [1.54, 1.807) is 7.11 Å². The number of amides is 1. The molecule has 0 rings (SSSR count). The summed E-state index contributed by atoms with van der Waals surface area (Å²) in [6.45, 7) is 15.1. The Balaban J connectivity index is 3.97. The summed E-state index contributed by atoms with van der Waals surface area (Å²) in [7, 11) is 3.81. The lowest BCUT2D eigenvalue weighted by molar-refractivity contribution is 0.0515. The topological polar surface area (TPSA) is 62.8 Å². The van der Waals surface area contributed by atoms with Gasteiger partial charge in [0.2, 0.25) is 0 Å². The Hall–Kier alpha value is -0.850. The van der Waals surface area contributed by atoms with Crippen LogP contribution in [0.15, 0.2) is 0 Å². The normalized spacial score (nSPS) is 13.4. The van der Waals surface area contributed by atoms with E-state index in [0.717, 1.165) is 32.8 Å². The van der Waals surface area contributed by atoms with E-state index >= 15 is 0 Å². The van der Waals surface area contributed by atoms with E-state index in [1.807, 2.05) is 20.8 Å². The lowest BCUT2D eigenvalue weighted by atomic mass is 9.96. The molecule has 0 heterocycles. The van der Waals surface area contributed by atoms with Gasteiger partial charge in [0.25, 0.3) is 0 Å². The molecule has 1 unspecified atom stereocenters. The van der Waals surface area contributed by atoms with Gasteiger partial charge in [0.05, 0.1) is 6.61 Å². The molecule has 0 saturated carbocycles. The lowest BCUT2D eigenvalue weighted by Gasteiger charge is -2.24. The van der Waals surface area contributed by atoms with Crippen LogP contribution in [0.25, 0.3) is 0 Å². The van der Waals surface area contributed by atoms with Crippen LogP contribution in [-0.4, -0.2) is 70.1 Å². The quantitative estimate of drug-likeness (QED) is 0.567. The number of methoxy groups -OCH3 is 1. The highest BCUT2D eigenvalue weighted by molar-refractivity contribution is 5.67. The van der Waals surface area contributed by atoms with Crippen molar-refractivity contribution in [2.24, 2.45) is 11.8 Å². The summed E-state index contributed by atoms with van der Waals surface area (Å²) in [5.41, 5.74) is -0.456. The van der Waals surface area contributed by atoms with Crippen molar-refractivity contribution in [3.63, 3.8) is 0 Å². The van der Waals surface area contributed by atoms with Crippen molar-refractivity contribution in [1.82, 2.24) is 15.5 Å². The van der Waals surface area contributed by atoms with E-state index in [-0.39, 0.29) is 6.09 Å². The number of carbonyl (C=O) groups excluding carboxylic acids is 1. The van der Waals surface area contributed by atoms with Crippen LogP contribution in [0.5, 0.6) is 0 Å². The molecule has 0 aliphatic rings. The van der Waals surface area contributed by atoms with Crippen LogP contribution >= 0.6 is 0 Å². The molecular weight excluding hydrogens is 294 g/mol. The number of alkyl carbamates (subject to hydrolysis) is 1. The average Bonchev–Trinajstić information content (AvgIpc) is 2.41. The summed E-state index contributed by atoms with van der Waals surface area (Å²) >= 11 is 0. The number of carbonyl (C=O) groups is 1. The molecule has 0 aromatic heterocycles. The highest BCUT2D eigenvalue weighted by Gasteiger charge is 2.18. The zero-order chi connectivity index (χ0) is 17.9. The Morgan fingerprint density at radius 3 is 2.35 bits per heavy atom. The molecule has 0 spiro atoms. The predicted octanol–water partition coefficient (Wildman–Crippen LogP) is 1.95. The Kier molecular flexibility index (Phi) is 11.2. The van der Waals surface area contributed by atoms with Crippen LogP contribution in [0.2, 0.25) is 0 Å². The fourth-order valence-electron chi connectivity index (χ4n) is 1.99. The van der Waals surface area contributed by atoms with Gasteiger partial charge in [0, 0.05) is 33.3 Å². The summed E-state index contributed by atoms with van der Waals surface area (Å²) in [6, 6.07) is 0. The molecule has 1 amide bonds. The van der Waals surface area contributed by atoms with Crippen molar-refractivity contribution in [1.29, 1.82) is 0 Å². The highest BCUT2D eigenvalue weighted by atomic mass is 16.6. The summed E-state index contributed by atoms with van der Waals surface area (Å²) in [5.74, 6) is 0.871. The van der Waals surface area contributed by atoms with Gasteiger partial charge in [-0.2, -0.15) is 0 Å². The van der Waals surface area contributed by atoms with Crippen molar-refractivity contribution in [3.8, 4) is 0 Å². The van der Waals surface area contributed by atoms with Crippen molar-refractivity contribution < 1.29 is 14.3 Å². The van der Waals surface area contributed by atoms with Gasteiger partial charge in [0.1, 0.15) is 5.60 Å². The zero-order valence-corrected chi connectivity index (χ0v) is 16.1. The largest absolute Gasteiger partial charge is 0.444 e. The van der Waals surface area contributed by atoms with Gasteiger partial charge >= 0.3 is 6.09 Å². The summed E-state index contributed by atoms with van der Waals surface area (Å²) < 4.78 is 10.3. The van der Waals surface area contributed by atoms with Gasteiger partial charge in [0.15, 0.2) is 0 Å². The number of hydrogen-bond acceptors (Lipinski definition) is 5. The molecule has 0 fully saturated rings. The summed E-state index contributed by atoms with van der Waals surface area (Å²) in [5, 5.41) is 6.34. The van der Waals surface area contributed by atoms with E-state index in [2.05, 4.69) is 36.4 Å². The predicted molar refractivity (Wildman–Crippen MR) is 94.8 cm³/mol. The van der Waals surface area contributed by atoms with Crippen LogP contribution in [0.4, 0.5) is 4.79 Å². The molecule has 23 heavy (non-hydrogen) atoms. The van der Waals surface area contributed by atoms with E-state index in [0.29, 0.717) is 18.4 Å². The first-order valence-corrected chi connectivity index (χ1v) is 8.50. The average molecular weight is 332 g/mol. The minimum Gasteiger partial charge on any atom is -0.444 e. The number of nitrogens with one attached hydrogen (secondary N) is 2. The Morgan fingerprint density at radius 2 is 1.83 bits per heavy atom. The fourth-order valence-corrected chi connectivity index (χ4v) is 1.99. The van der Waals surface area contributed by atoms with E-state index in [1.165, 1.54) is 0 Å². The molecule has 6 nitrogen and oxygen atoms in total. The SMILES string of the molecule is COCCN(C)CCNCC(CNC(=O)OC(C)(C)C)C(C)C. The monoisotopic (exact) mass is 331 g/mol. The Bertz CT molecular complexity index is 317. The second-order valence-electron chi connectivity index (χ2n) is 7.39. The second-order valence-corrected chi connectivity index (χ2v) is 7.39. The van der Waals surface area contributed by atoms with Gasteiger partial charge < -0.3 is 25.0 Å². The maximum absolute atomic E-state index is 11.7. The number of hydrogen-bond donors (Lipinski definition) is 2. The fraction of sp³-hybridized carbons (Fsp3) is 0.941. The van der Waals surface area contributed by atoms with Crippen molar-refractivity contribution in [2.75, 3.05) is 53.5 Å². The molecule has 0 bridgehead atoms. The molecule has 1 atom stereocenters. The van der Waals surface area contributed by atoms with Gasteiger partial charge in [-0.1, -0.05) is 13.8 Å². The number of nitrogens with zero attached hydrogens (tertiary/aromatic N) is 1. The van der Waals surface area contributed by atoms with Crippen LogP contribution < -0.4 is 10.6 Å². The Labute approximate surface area is 142 Å². The van der Waals surface area contributed by atoms with Crippen molar-refractivity contribution in [3.05, 3.63) is 0 Å². The first kappa shape index (κ1) is 22.1. The maximum Gasteiger partial charge on any atom is 0.407 e. The third kappa shape index (κ3) is 13.3. The lowest BCUT2D eigenvalue weighted by Crippen LogP contribution is -2.41. The number of ether oxygens (including phenoxy) is 2. The number of rotatable bonds is 11. The molecule has 0 aliphatic carbocycles. The van der Waals surface area contributed by atoms with Crippen LogP contribution in [-0.2, 0) is 9.47 Å². The van der Waals surface area contributed by atoms with Crippen molar-refractivity contribution >= 4 is 6.09 Å². The highest BCUT2D eigenvalue weighted by Crippen LogP contribution is 2.10. The van der Waals surface area contributed by atoms with Crippen LogP contribution in [0.3, 0.4) is 0 Å². The molecule has 138 valence electrons. The van der Waals surface area contributed by atoms with Gasteiger partial charge in [-0.25, -0.2) is 4.79 Å². The molecular formula is C17H37N3O3. The molecule has 0 aromatic rings. The van der Waals surface area contributed by atoms with E-state index in [9.17, 15) is 4.79 Å². The van der Waals surface area contributed by atoms with Crippen molar-refractivity contribution in [2.45, 2.75) is 40.2 Å². The zero-order valence-electron chi connectivity index (χ0n) is 16.1. The molecule has 2 N–H and O–H groups in total. The van der Waals surface area contributed by atoms with Crippen LogP contribution in [0.1, 0.15) is 34.6 Å². The van der Waals surface area contributed by atoms with Crippen LogP contribution in [0, 0.1) is 11.8 Å². The minimum atomic E-state index is -0.456. The summed E-state index contributed by atoms with van der Waals surface area (Å²) in [4.78, 5) is 14.0. The second kappa shape index (κ2) is 11.6. The van der Waals surface area contributed by atoms with E-state index < -0.39 is 5.60 Å². The molecule has 6 heteroatoms. The van der Waals surface area contributed by atoms with Gasteiger partial charge in [-0.15, -0.1) is 0 Å². The number of likely N-dealkylation sites (N-methyl/N-ethyl adjacent to an activating group) is 1. The van der Waals surface area contributed by atoms with Gasteiger partial charge in [-0.05, 0) is 46.2 Å². The molecule has 0 aliphatic heterocycles. The first-order valence-electron chi connectivity index (χ1n) is 8.50. The van der Waals surface area contributed by atoms with Gasteiger partial charge in [-0.3, -0.25) is 0 Å². The standard InChI is InChI=1S/C17H37N3O3/c1-14(2)15(13-19-16(21)23-17(3,4)5)12-18-8-9-20(6)10-11-22-7/h14-15,18H,8-13H2,1-7H3,(H,19,21).